The van der Waals surface area contributed by atoms with Gasteiger partial charge in [0.1, 0.15) is 11.3 Å². The summed E-state index contributed by atoms with van der Waals surface area (Å²) in [6, 6.07) is 0. The van der Waals surface area contributed by atoms with E-state index in [9.17, 15) is 23.5 Å². The zero-order valence-electron chi connectivity index (χ0n) is 9.05. The third-order valence-electron chi connectivity index (χ3n) is 1.75. The summed E-state index contributed by atoms with van der Waals surface area (Å²) in [7, 11) is 0. The number of alkyl halides is 3. The molecule has 16 heavy (non-hydrogen) atoms. The molecule has 0 aromatic carbocycles. The van der Waals surface area contributed by atoms with Gasteiger partial charge in [-0.25, -0.2) is 0 Å². The van der Waals surface area contributed by atoms with Crippen LogP contribution in [0.15, 0.2) is 0 Å². The quantitative estimate of drug-likeness (QED) is 0.567. The number of esters is 1. The molecule has 7 heteroatoms. The molecule has 0 rings (SSSR count). The van der Waals surface area contributed by atoms with E-state index in [1.807, 2.05) is 0 Å². The molecule has 0 aromatic heterocycles. The maximum Gasteiger partial charge on any atom is 0.323 e. The van der Waals surface area contributed by atoms with Crippen LogP contribution >= 0.6 is 15.9 Å². The van der Waals surface area contributed by atoms with Gasteiger partial charge in [0.15, 0.2) is 6.10 Å². The van der Waals surface area contributed by atoms with Gasteiger partial charge in [-0.15, -0.1) is 0 Å². The van der Waals surface area contributed by atoms with E-state index in [1.165, 1.54) is 20.8 Å². The van der Waals surface area contributed by atoms with Crippen molar-refractivity contribution < 1.29 is 28.2 Å². The van der Waals surface area contributed by atoms with Crippen LogP contribution in [0.3, 0.4) is 0 Å². The normalized spacial score (nSPS) is 14.4. The highest BCUT2D eigenvalue weighted by atomic mass is 79.9. The van der Waals surface area contributed by atoms with E-state index < -0.39 is 29.4 Å². The fourth-order valence-corrected chi connectivity index (χ4v) is 1.20. The van der Waals surface area contributed by atoms with E-state index in [-0.39, 0.29) is 5.33 Å². The van der Waals surface area contributed by atoms with Gasteiger partial charge < -0.3 is 14.6 Å². The van der Waals surface area contributed by atoms with E-state index in [4.69, 9.17) is 0 Å². The number of hydrogen-bond donors (Lipinski definition) is 0. The van der Waals surface area contributed by atoms with Crippen LogP contribution in [0, 0.1) is 5.41 Å². The van der Waals surface area contributed by atoms with E-state index >= 15 is 0 Å². The number of carboxylic acids is 1. The van der Waals surface area contributed by atoms with Crippen molar-refractivity contribution in [2.75, 3.05) is 5.33 Å². The maximum atomic E-state index is 13.2. The average molecular weight is 302 g/mol. The van der Waals surface area contributed by atoms with Crippen molar-refractivity contribution in [3.05, 3.63) is 0 Å². The Hall–Kier alpha value is -0.720. The number of carbonyl (C=O) groups is 2. The van der Waals surface area contributed by atoms with E-state index in [1.54, 1.807) is 0 Å². The highest BCUT2D eigenvalue weighted by Crippen LogP contribution is 2.34. The Morgan fingerprint density at radius 2 is 1.81 bits per heavy atom. The Labute approximate surface area is 100 Å². The molecule has 0 aliphatic carbocycles. The van der Waals surface area contributed by atoms with Crippen LogP contribution in [0.5, 0.6) is 0 Å². The summed E-state index contributed by atoms with van der Waals surface area (Å²) >= 11 is 2.73. The van der Waals surface area contributed by atoms with Gasteiger partial charge in [-0.3, -0.25) is 4.79 Å². The van der Waals surface area contributed by atoms with Crippen LogP contribution in [-0.4, -0.2) is 29.3 Å². The molecule has 0 amide bonds. The molecule has 1 unspecified atom stereocenters. The number of carboxylic acid groups (broad SMARTS) is 1. The fraction of sp³-hybridized carbons (Fsp3) is 0.778. The SMILES string of the molecule is CC(C)(C)C(OC(=O)CBr)C(F)(F)C(=O)[O-]. The fourth-order valence-electron chi connectivity index (χ4n) is 1.06. The van der Waals surface area contributed by atoms with Crippen LogP contribution in [0.1, 0.15) is 20.8 Å². The highest BCUT2D eigenvalue weighted by Gasteiger charge is 2.50. The highest BCUT2D eigenvalue weighted by molar-refractivity contribution is 9.09. The molecule has 0 bridgehead atoms. The monoisotopic (exact) mass is 301 g/mol. The van der Waals surface area contributed by atoms with Gasteiger partial charge in [0.05, 0.1) is 0 Å². The lowest BCUT2D eigenvalue weighted by Gasteiger charge is -2.36. The van der Waals surface area contributed by atoms with Crippen molar-refractivity contribution in [1.29, 1.82) is 0 Å². The van der Waals surface area contributed by atoms with Gasteiger partial charge in [0, 0.05) is 5.41 Å². The first kappa shape index (κ1) is 15.3. The zero-order chi connectivity index (χ0) is 13.1. The molecule has 0 radical (unpaired) electrons. The lowest BCUT2D eigenvalue weighted by molar-refractivity contribution is -0.339. The predicted molar refractivity (Wildman–Crippen MR) is 53.1 cm³/mol. The van der Waals surface area contributed by atoms with Crippen LogP contribution in [-0.2, 0) is 14.3 Å². The number of halogens is 3. The summed E-state index contributed by atoms with van der Waals surface area (Å²) in [6.45, 7) is 4.03. The second-order valence-corrected chi connectivity index (χ2v) is 4.84. The smallest absolute Gasteiger partial charge is 0.323 e. The lowest BCUT2D eigenvalue weighted by Crippen LogP contribution is -2.56. The number of hydrogen-bond acceptors (Lipinski definition) is 4. The minimum absolute atomic E-state index is 0.289. The zero-order valence-corrected chi connectivity index (χ0v) is 10.6. The van der Waals surface area contributed by atoms with Gasteiger partial charge in [-0.2, -0.15) is 8.78 Å². The van der Waals surface area contributed by atoms with Crippen LogP contribution in [0.25, 0.3) is 0 Å². The second kappa shape index (κ2) is 5.07. The Bertz CT molecular complexity index is 286. The molecule has 1 atom stereocenters. The van der Waals surface area contributed by atoms with Crippen LogP contribution in [0.4, 0.5) is 8.78 Å². The standard InChI is InChI=1S/C9H13BrF2O4/c1-8(2,3)6(16-5(13)4-10)9(11,12)7(14)15/h6H,4H2,1-3H3,(H,14,15)/p-1. The molecule has 0 aromatic rings. The van der Waals surface area contributed by atoms with Gasteiger partial charge in [0.2, 0.25) is 0 Å². The molecule has 0 saturated heterocycles. The Morgan fingerprint density at radius 3 is 2.06 bits per heavy atom. The van der Waals surface area contributed by atoms with E-state index in [0.29, 0.717) is 0 Å². The number of aliphatic carboxylic acids is 1. The summed E-state index contributed by atoms with van der Waals surface area (Å²) < 4.78 is 30.9. The number of rotatable bonds is 4. The summed E-state index contributed by atoms with van der Waals surface area (Å²) in [5.74, 6) is -7.74. The Balaban J connectivity index is 5.11. The summed E-state index contributed by atoms with van der Waals surface area (Å²) in [6.07, 6.45) is -2.07. The van der Waals surface area contributed by atoms with Crippen molar-refractivity contribution in [3.8, 4) is 0 Å². The van der Waals surface area contributed by atoms with Crippen molar-refractivity contribution >= 4 is 27.9 Å². The largest absolute Gasteiger partial charge is 0.544 e. The number of carbonyl (C=O) groups excluding carboxylic acids is 2. The van der Waals surface area contributed by atoms with Crippen molar-refractivity contribution in [1.82, 2.24) is 0 Å². The molecule has 0 N–H and O–H groups in total. The van der Waals surface area contributed by atoms with Gasteiger partial charge >= 0.3 is 11.9 Å². The predicted octanol–water partition coefficient (Wildman–Crippen LogP) is 0.724. The minimum atomic E-state index is -4.23. The first-order valence-electron chi connectivity index (χ1n) is 4.38. The van der Waals surface area contributed by atoms with Crippen molar-refractivity contribution in [2.24, 2.45) is 5.41 Å². The molecule has 0 aliphatic heterocycles. The third-order valence-corrected chi connectivity index (χ3v) is 2.20. The minimum Gasteiger partial charge on any atom is -0.544 e. The summed E-state index contributed by atoms with van der Waals surface area (Å²) in [5, 5.41) is 10.0. The molecule has 4 nitrogen and oxygen atoms in total. The van der Waals surface area contributed by atoms with E-state index in [2.05, 4.69) is 20.7 Å². The first-order valence-corrected chi connectivity index (χ1v) is 5.50. The van der Waals surface area contributed by atoms with Crippen molar-refractivity contribution in [3.63, 3.8) is 0 Å². The molecular weight excluding hydrogens is 290 g/mol. The maximum absolute atomic E-state index is 13.2. The van der Waals surface area contributed by atoms with Crippen LogP contribution < -0.4 is 5.11 Å². The number of ether oxygens (including phenoxy) is 1. The lowest BCUT2D eigenvalue weighted by atomic mass is 9.85. The van der Waals surface area contributed by atoms with Gasteiger partial charge in [0.25, 0.3) is 0 Å². The molecule has 0 heterocycles. The summed E-state index contributed by atoms with van der Waals surface area (Å²) in [5.41, 5.74) is -1.22. The topological polar surface area (TPSA) is 66.4 Å². The second-order valence-electron chi connectivity index (χ2n) is 4.28. The Morgan fingerprint density at radius 1 is 1.38 bits per heavy atom. The van der Waals surface area contributed by atoms with Gasteiger partial charge in [-0.1, -0.05) is 36.7 Å². The molecule has 0 spiro atoms. The molecule has 0 aliphatic rings. The van der Waals surface area contributed by atoms with Crippen LogP contribution in [0.2, 0.25) is 0 Å². The molecule has 94 valence electrons. The molecular formula is C9H12BrF2O4-. The molecule has 0 fully saturated rings. The van der Waals surface area contributed by atoms with Crippen molar-refractivity contribution in [2.45, 2.75) is 32.8 Å². The third kappa shape index (κ3) is 3.70. The van der Waals surface area contributed by atoms with Gasteiger partial charge in [-0.05, 0) is 0 Å². The average Bonchev–Trinajstić information content (AvgIpc) is 2.11. The summed E-state index contributed by atoms with van der Waals surface area (Å²) in [4.78, 5) is 21.2. The Kier molecular flexibility index (Phi) is 4.85. The molecule has 0 saturated carbocycles. The first-order chi connectivity index (χ1) is 7.03. The van der Waals surface area contributed by atoms with E-state index in [0.717, 1.165) is 0 Å².